The Kier molecular flexibility index (Phi) is 4.96. The zero-order chi connectivity index (χ0) is 20.6. The summed E-state index contributed by atoms with van der Waals surface area (Å²) in [6.07, 6.45) is 1.27. The molecule has 0 saturated heterocycles. The summed E-state index contributed by atoms with van der Waals surface area (Å²) >= 11 is 0. The second kappa shape index (κ2) is 7.44. The van der Waals surface area contributed by atoms with Gasteiger partial charge in [-0.2, -0.15) is 0 Å². The van der Waals surface area contributed by atoms with Gasteiger partial charge in [0.2, 0.25) is 0 Å². The van der Waals surface area contributed by atoms with Gasteiger partial charge in [-0.15, -0.1) is 0 Å². The predicted molar refractivity (Wildman–Crippen MR) is 110 cm³/mol. The number of fused-ring (bicyclic) bond motifs is 1. The molecule has 4 rings (SSSR count). The van der Waals surface area contributed by atoms with Crippen LogP contribution in [0.5, 0.6) is 0 Å². The SMILES string of the molecule is Cc1ccc(S(=O)(=O)N2C[C@H](Cc3ccc(F)cc3)c3c(C=O)cccc32)cc1. The third-order valence-electron chi connectivity index (χ3n) is 5.31. The Labute approximate surface area is 169 Å². The largest absolute Gasteiger partial charge is 0.298 e. The number of benzene rings is 3. The van der Waals surface area contributed by atoms with E-state index in [-0.39, 0.29) is 23.2 Å². The number of hydrogen-bond acceptors (Lipinski definition) is 3. The fourth-order valence-electron chi connectivity index (χ4n) is 3.86. The standard InChI is InChI=1S/C23H20FNO3S/c1-16-5-11-21(12-6-16)29(27,28)25-14-19(13-17-7-9-20(24)10-8-17)23-18(15-26)3-2-4-22(23)25/h2-12,15,19H,13-14H2,1H3/t19-/m0/s1. The molecule has 1 aliphatic heterocycles. The van der Waals surface area contributed by atoms with Crippen LogP contribution in [0.2, 0.25) is 0 Å². The van der Waals surface area contributed by atoms with Crippen LogP contribution in [0.4, 0.5) is 10.1 Å². The number of aldehydes is 1. The molecule has 29 heavy (non-hydrogen) atoms. The molecule has 1 aliphatic rings. The van der Waals surface area contributed by atoms with Crippen molar-refractivity contribution in [3.63, 3.8) is 0 Å². The number of aryl methyl sites for hydroxylation is 1. The molecule has 0 saturated carbocycles. The lowest BCUT2D eigenvalue weighted by Crippen LogP contribution is -2.30. The molecule has 0 N–H and O–H groups in total. The molecule has 1 atom stereocenters. The maximum absolute atomic E-state index is 13.3. The van der Waals surface area contributed by atoms with E-state index in [4.69, 9.17) is 0 Å². The van der Waals surface area contributed by atoms with Crippen molar-refractivity contribution < 1.29 is 17.6 Å². The van der Waals surface area contributed by atoms with Gasteiger partial charge in [0.05, 0.1) is 10.6 Å². The summed E-state index contributed by atoms with van der Waals surface area (Å²) in [4.78, 5) is 11.9. The van der Waals surface area contributed by atoms with Gasteiger partial charge in [0.25, 0.3) is 10.0 Å². The molecule has 0 aliphatic carbocycles. The van der Waals surface area contributed by atoms with Crippen LogP contribution in [0, 0.1) is 12.7 Å². The Morgan fingerprint density at radius 3 is 2.38 bits per heavy atom. The summed E-state index contributed by atoms with van der Waals surface area (Å²) in [6, 6.07) is 18.0. The van der Waals surface area contributed by atoms with Gasteiger partial charge in [0, 0.05) is 18.0 Å². The topological polar surface area (TPSA) is 54.5 Å². The molecule has 148 valence electrons. The molecule has 3 aromatic carbocycles. The van der Waals surface area contributed by atoms with Crippen molar-refractivity contribution in [2.45, 2.75) is 24.2 Å². The van der Waals surface area contributed by atoms with Crippen molar-refractivity contribution >= 4 is 22.0 Å². The fourth-order valence-corrected chi connectivity index (χ4v) is 5.39. The first-order valence-corrected chi connectivity index (χ1v) is 10.8. The van der Waals surface area contributed by atoms with Crippen LogP contribution in [0.3, 0.4) is 0 Å². The van der Waals surface area contributed by atoms with Gasteiger partial charge in [0.1, 0.15) is 12.1 Å². The first-order chi connectivity index (χ1) is 13.9. The van der Waals surface area contributed by atoms with Crippen molar-refractivity contribution in [2.24, 2.45) is 0 Å². The molecule has 0 unspecified atom stereocenters. The van der Waals surface area contributed by atoms with E-state index in [1.807, 2.05) is 6.92 Å². The van der Waals surface area contributed by atoms with E-state index >= 15 is 0 Å². The highest BCUT2D eigenvalue weighted by Crippen LogP contribution is 2.42. The van der Waals surface area contributed by atoms with Gasteiger partial charge in [-0.05, 0) is 54.8 Å². The molecule has 0 fully saturated rings. The number of sulfonamides is 1. The summed E-state index contributed by atoms with van der Waals surface area (Å²) in [5.41, 5.74) is 3.60. The molecule has 0 amide bonds. The van der Waals surface area contributed by atoms with E-state index < -0.39 is 10.0 Å². The van der Waals surface area contributed by atoms with Crippen molar-refractivity contribution in [1.82, 2.24) is 0 Å². The van der Waals surface area contributed by atoms with Crippen LogP contribution in [-0.2, 0) is 16.4 Å². The number of rotatable bonds is 5. The van der Waals surface area contributed by atoms with Gasteiger partial charge >= 0.3 is 0 Å². The van der Waals surface area contributed by atoms with E-state index in [1.165, 1.54) is 16.4 Å². The van der Waals surface area contributed by atoms with Gasteiger partial charge in [-0.1, -0.05) is 42.0 Å². The molecule has 0 radical (unpaired) electrons. The number of carbonyl (C=O) groups is 1. The zero-order valence-electron chi connectivity index (χ0n) is 15.9. The molecule has 0 spiro atoms. The molecule has 4 nitrogen and oxygen atoms in total. The lowest BCUT2D eigenvalue weighted by atomic mass is 9.91. The molecule has 0 aromatic heterocycles. The average Bonchev–Trinajstić information content (AvgIpc) is 3.09. The van der Waals surface area contributed by atoms with Crippen LogP contribution >= 0.6 is 0 Å². The maximum atomic E-state index is 13.3. The highest BCUT2D eigenvalue weighted by atomic mass is 32.2. The normalized spacial score (nSPS) is 15.9. The Bertz CT molecular complexity index is 1160. The third-order valence-corrected chi connectivity index (χ3v) is 7.11. The van der Waals surface area contributed by atoms with Crippen LogP contribution in [0.1, 0.15) is 33.0 Å². The van der Waals surface area contributed by atoms with E-state index in [0.717, 1.165) is 23.0 Å². The smallest absolute Gasteiger partial charge is 0.264 e. The van der Waals surface area contributed by atoms with Crippen molar-refractivity contribution in [3.8, 4) is 0 Å². The van der Waals surface area contributed by atoms with E-state index in [0.29, 0.717) is 17.7 Å². The van der Waals surface area contributed by atoms with Gasteiger partial charge in [-0.3, -0.25) is 9.10 Å². The maximum Gasteiger partial charge on any atom is 0.264 e. The Hall–Kier alpha value is -2.99. The zero-order valence-corrected chi connectivity index (χ0v) is 16.7. The minimum Gasteiger partial charge on any atom is -0.298 e. The summed E-state index contributed by atoms with van der Waals surface area (Å²) < 4.78 is 41.3. The van der Waals surface area contributed by atoms with Gasteiger partial charge in [0.15, 0.2) is 0 Å². The van der Waals surface area contributed by atoms with E-state index in [9.17, 15) is 17.6 Å². The number of anilines is 1. The monoisotopic (exact) mass is 409 g/mol. The predicted octanol–water partition coefficient (Wildman–Crippen LogP) is 4.48. The quantitative estimate of drug-likeness (QED) is 0.584. The molecule has 1 heterocycles. The van der Waals surface area contributed by atoms with Gasteiger partial charge in [-0.25, -0.2) is 12.8 Å². The molecular formula is C23H20FNO3S. The third kappa shape index (κ3) is 3.56. The Morgan fingerprint density at radius 1 is 1.03 bits per heavy atom. The molecular weight excluding hydrogens is 389 g/mol. The Morgan fingerprint density at radius 2 is 1.72 bits per heavy atom. The first kappa shape index (κ1) is 19.3. The van der Waals surface area contributed by atoms with Gasteiger partial charge < -0.3 is 0 Å². The number of halogens is 1. The summed E-state index contributed by atoms with van der Waals surface area (Å²) in [7, 11) is -3.77. The second-order valence-corrected chi connectivity index (χ2v) is 9.14. The minimum atomic E-state index is -3.77. The van der Waals surface area contributed by atoms with Crippen molar-refractivity contribution in [1.29, 1.82) is 0 Å². The van der Waals surface area contributed by atoms with Crippen molar-refractivity contribution in [3.05, 3.63) is 94.8 Å². The molecule has 6 heteroatoms. The minimum absolute atomic E-state index is 0.197. The van der Waals surface area contributed by atoms with E-state index in [1.54, 1.807) is 54.6 Å². The van der Waals surface area contributed by atoms with Crippen LogP contribution < -0.4 is 4.31 Å². The number of nitrogens with zero attached hydrogens (tertiary/aromatic N) is 1. The number of carbonyl (C=O) groups excluding carboxylic acids is 1. The average molecular weight is 409 g/mol. The second-order valence-electron chi connectivity index (χ2n) is 7.27. The summed E-state index contributed by atoms with van der Waals surface area (Å²) in [6.45, 7) is 2.13. The molecule has 3 aromatic rings. The van der Waals surface area contributed by atoms with Crippen LogP contribution in [-0.4, -0.2) is 21.2 Å². The highest BCUT2D eigenvalue weighted by Gasteiger charge is 2.37. The fraction of sp³-hybridized carbons (Fsp3) is 0.174. The molecule has 0 bridgehead atoms. The van der Waals surface area contributed by atoms with Crippen molar-refractivity contribution in [2.75, 3.05) is 10.8 Å². The van der Waals surface area contributed by atoms with E-state index in [2.05, 4.69) is 0 Å². The lowest BCUT2D eigenvalue weighted by molar-refractivity contribution is 0.112. The highest BCUT2D eigenvalue weighted by molar-refractivity contribution is 7.92. The first-order valence-electron chi connectivity index (χ1n) is 9.32. The van der Waals surface area contributed by atoms with Crippen LogP contribution in [0.25, 0.3) is 0 Å². The number of hydrogen-bond donors (Lipinski definition) is 0. The summed E-state index contributed by atoms with van der Waals surface area (Å²) in [5, 5.41) is 0. The summed E-state index contributed by atoms with van der Waals surface area (Å²) in [5.74, 6) is -0.519. The van der Waals surface area contributed by atoms with Crippen LogP contribution in [0.15, 0.2) is 71.6 Å². The Balaban J connectivity index is 1.77. The lowest BCUT2D eigenvalue weighted by Gasteiger charge is -2.20.